The maximum atomic E-state index is 5.52. The molecule has 0 radical (unpaired) electrons. The predicted octanol–water partition coefficient (Wildman–Crippen LogP) is 2.75. The van der Waals surface area contributed by atoms with Crippen molar-refractivity contribution in [2.24, 2.45) is 5.92 Å². The van der Waals surface area contributed by atoms with Gasteiger partial charge in [-0.1, -0.05) is 19.9 Å². The van der Waals surface area contributed by atoms with Crippen LogP contribution in [-0.2, 0) is 5.41 Å². The molecular weight excluding hydrogens is 272 g/mol. The first kappa shape index (κ1) is 14.5. The van der Waals surface area contributed by atoms with E-state index in [0.29, 0.717) is 18.0 Å². The summed E-state index contributed by atoms with van der Waals surface area (Å²) in [7, 11) is 4.09. The zero-order valence-corrected chi connectivity index (χ0v) is 14.2. The molecule has 1 aliphatic heterocycles. The van der Waals surface area contributed by atoms with Crippen molar-refractivity contribution < 1.29 is 4.74 Å². The number of ether oxygens (including phenoxy) is 1. The fourth-order valence-corrected chi connectivity index (χ4v) is 5.64. The second kappa shape index (κ2) is 4.97. The van der Waals surface area contributed by atoms with Crippen LogP contribution in [0.15, 0.2) is 18.2 Å². The molecule has 3 nitrogen and oxygen atoms in total. The summed E-state index contributed by atoms with van der Waals surface area (Å²) < 4.78 is 5.52. The number of benzene rings is 1. The quantitative estimate of drug-likeness (QED) is 0.925. The lowest BCUT2D eigenvalue weighted by atomic mass is 9.74. The average molecular weight is 300 g/mol. The molecule has 5 atom stereocenters. The van der Waals surface area contributed by atoms with Gasteiger partial charge in [-0.25, -0.2) is 0 Å². The maximum absolute atomic E-state index is 5.52. The molecule has 0 amide bonds. The van der Waals surface area contributed by atoms with Crippen LogP contribution in [-0.4, -0.2) is 44.2 Å². The van der Waals surface area contributed by atoms with Gasteiger partial charge in [-0.15, -0.1) is 0 Å². The molecule has 4 unspecified atom stereocenters. The molecule has 0 aromatic heterocycles. The zero-order chi connectivity index (χ0) is 15.5. The standard InChI is InChI=1S/C19H28N2O/c1-5-8-20-18-17-10-16-14(11-21(17)3)13-7-6-12(22-4)9-15(13)19(16,18)2/h6-7,9,14,16-18,20H,5,8,10-11H2,1-4H3/t14?,16?,17?,18?,19-/m0/s1. The Labute approximate surface area is 134 Å². The van der Waals surface area contributed by atoms with Gasteiger partial charge in [-0.05, 0) is 55.6 Å². The number of nitrogens with one attached hydrogen (secondary N) is 1. The SMILES string of the molecule is CCCNC1C2CC3C(CN2C)c2ccc(OC)cc2[C@@]31C. The lowest BCUT2D eigenvalue weighted by molar-refractivity contribution is 0.159. The van der Waals surface area contributed by atoms with Crippen LogP contribution in [0.5, 0.6) is 5.75 Å². The van der Waals surface area contributed by atoms with Crippen molar-refractivity contribution in [2.45, 2.75) is 50.1 Å². The maximum Gasteiger partial charge on any atom is 0.119 e. The van der Waals surface area contributed by atoms with Gasteiger partial charge in [0.05, 0.1) is 7.11 Å². The van der Waals surface area contributed by atoms with Crippen LogP contribution in [0.3, 0.4) is 0 Å². The highest BCUT2D eigenvalue weighted by atomic mass is 16.5. The summed E-state index contributed by atoms with van der Waals surface area (Å²) >= 11 is 0. The van der Waals surface area contributed by atoms with Gasteiger partial charge in [-0.2, -0.15) is 0 Å². The molecule has 1 aromatic rings. The summed E-state index contributed by atoms with van der Waals surface area (Å²) in [6, 6.07) is 8.02. The van der Waals surface area contributed by atoms with Gasteiger partial charge >= 0.3 is 0 Å². The number of nitrogens with zero attached hydrogens (tertiary/aromatic N) is 1. The summed E-state index contributed by atoms with van der Waals surface area (Å²) in [4.78, 5) is 2.60. The zero-order valence-electron chi connectivity index (χ0n) is 14.2. The minimum atomic E-state index is 0.249. The summed E-state index contributed by atoms with van der Waals surface area (Å²) in [5.41, 5.74) is 3.37. The number of likely N-dealkylation sites (N-methyl/N-ethyl adjacent to an activating group) is 1. The molecule has 1 aromatic carbocycles. The lowest BCUT2D eigenvalue weighted by Crippen LogP contribution is -2.53. The van der Waals surface area contributed by atoms with Gasteiger partial charge < -0.3 is 15.0 Å². The molecule has 2 bridgehead atoms. The molecule has 0 spiro atoms. The fraction of sp³-hybridized carbons (Fsp3) is 0.684. The molecule has 3 heteroatoms. The molecule has 1 saturated carbocycles. The first-order chi connectivity index (χ1) is 10.6. The van der Waals surface area contributed by atoms with Gasteiger partial charge in [0, 0.05) is 30.0 Å². The van der Waals surface area contributed by atoms with E-state index in [2.05, 4.69) is 49.3 Å². The minimum Gasteiger partial charge on any atom is -0.497 e. The molecule has 2 fully saturated rings. The van der Waals surface area contributed by atoms with Crippen LogP contribution < -0.4 is 10.1 Å². The smallest absolute Gasteiger partial charge is 0.119 e. The molecule has 3 aliphatic rings. The van der Waals surface area contributed by atoms with Gasteiger partial charge in [0.15, 0.2) is 0 Å². The van der Waals surface area contributed by atoms with E-state index in [0.717, 1.165) is 18.2 Å². The van der Waals surface area contributed by atoms with Crippen LogP contribution in [0.2, 0.25) is 0 Å². The van der Waals surface area contributed by atoms with Crippen LogP contribution in [0.4, 0.5) is 0 Å². The summed E-state index contributed by atoms with van der Waals surface area (Å²) in [5, 5.41) is 3.90. The van der Waals surface area contributed by atoms with Crippen LogP contribution in [0, 0.1) is 5.92 Å². The number of hydrogen-bond donors (Lipinski definition) is 1. The highest BCUT2D eigenvalue weighted by Crippen LogP contribution is 2.62. The van der Waals surface area contributed by atoms with Crippen molar-refractivity contribution >= 4 is 0 Å². The van der Waals surface area contributed by atoms with E-state index in [1.807, 2.05) is 0 Å². The Morgan fingerprint density at radius 3 is 2.95 bits per heavy atom. The number of likely N-dealkylation sites (tertiary alicyclic amines) is 1. The van der Waals surface area contributed by atoms with E-state index in [9.17, 15) is 0 Å². The van der Waals surface area contributed by atoms with E-state index >= 15 is 0 Å². The summed E-state index contributed by atoms with van der Waals surface area (Å²) in [6.07, 6.45) is 2.53. The van der Waals surface area contributed by atoms with E-state index in [-0.39, 0.29) is 5.41 Å². The number of piperidine rings is 1. The second-order valence-electron chi connectivity index (χ2n) is 7.62. The third kappa shape index (κ3) is 1.70. The highest BCUT2D eigenvalue weighted by molar-refractivity contribution is 5.52. The first-order valence-corrected chi connectivity index (χ1v) is 8.73. The fourth-order valence-electron chi connectivity index (χ4n) is 5.64. The Bertz CT molecular complexity index is 587. The van der Waals surface area contributed by atoms with Crippen molar-refractivity contribution in [1.82, 2.24) is 10.2 Å². The van der Waals surface area contributed by atoms with Crippen molar-refractivity contribution in [1.29, 1.82) is 0 Å². The topological polar surface area (TPSA) is 24.5 Å². The Balaban J connectivity index is 1.83. The van der Waals surface area contributed by atoms with Crippen molar-refractivity contribution in [3.8, 4) is 5.75 Å². The number of fused-ring (bicyclic) bond motifs is 4. The number of methoxy groups -OCH3 is 1. The molecular formula is C19H28N2O. The third-order valence-corrected chi connectivity index (χ3v) is 6.69. The monoisotopic (exact) mass is 300 g/mol. The number of hydrogen-bond acceptors (Lipinski definition) is 3. The predicted molar refractivity (Wildman–Crippen MR) is 89.7 cm³/mol. The van der Waals surface area contributed by atoms with E-state index in [1.165, 1.54) is 19.4 Å². The summed E-state index contributed by atoms with van der Waals surface area (Å²) in [6.45, 7) is 7.08. The molecule has 22 heavy (non-hydrogen) atoms. The Morgan fingerprint density at radius 1 is 1.41 bits per heavy atom. The van der Waals surface area contributed by atoms with Gasteiger partial charge in [0.25, 0.3) is 0 Å². The minimum absolute atomic E-state index is 0.249. The Morgan fingerprint density at radius 2 is 2.23 bits per heavy atom. The summed E-state index contributed by atoms with van der Waals surface area (Å²) in [5.74, 6) is 2.48. The van der Waals surface area contributed by atoms with Crippen molar-refractivity contribution in [3.05, 3.63) is 29.3 Å². The van der Waals surface area contributed by atoms with E-state index in [1.54, 1.807) is 18.2 Å². The Hall–Kier alpha value is -1.06. The molecule has 1 saturated heterocycles. The van der Waals surface area contributed by atoms with Crippen molar-refractivity contribution in [3.63, 3.8) is 0 Å². The average Bonchev–Trinajstić information content (AvgIpc) is 2.92. The number of rotatable bonds is 4. The third-order valence-electron chi connectivity index (χ3n) is 6.69. The molecule has 2 aliphatic carbocycles. The normalized spacial score (nSPS) is 39.1. The first-order valence-electron chi connectivity index (χ1n) is 8.73. The van der Waals surface area contributed by atoms with Crippen LogP contribution in [0.25, 0.3) is 0 Å². The van der Waals surface area contributed by atoms with Gasteiger partial charge in [-0.3, -0.25) is 0 Å². The van der Waals surface area contributed by atoms with Crippen molar-refractivity contribution in [2.75, 3.05) is 27.2 Å². The Kier molecular flexibility index (Phi) is 3.28. The van der Waals surface area contributed by atoms with Gasteiger partial charge in [0.2, 0.25) is 0 Å². The van der Waals surface area contributed by atoms with Crippen LogP contribution in [0.1, 0.15) is 43.7 Å². The largest absolute Gasteiger partial charge is 0.497 e. The molecule has 120 valence electrons. The lowest BCUT2D eigenvalue weighted by Gasteiger charge is -2.39. The van der Waals surface area contributed by atoms with E-state index < -0.39 is 0 Å². The van der Waals surface area contributed by atoms with Crippen LogP contribution >= 0.6 is 0 Å². The van der Waals surface area contributed by atoms with Gasteiger partial charge in [0.1, 0.15) is 5.75 Å². The van der Waals surface area contributed by atoms with E-state index in [4.69, 9.17) is 4.74 Å². The second-order valence-corrected chi connectivity index (χ2v) is 7.62. The molecule has 1 heterocycles. The molecule has 1 N–H and O–H groups in total. The molecule has 4 rings (SSSR count). The highest BCUT2D eigenvalue weighted by Gasteiger charge is 2.63.